The van der Waals surface area contributed by atoms with Crippen LogP contribution in [0.3, 0.4) is 0 Å². The molecule has 0 aliphatic carbocycles. The number of ether oxygens (including phenoxy) is 4. The fraction of sp³-hybridized carbons (Fsp3) is 0.435. The van der Waals surface area contributed by atoms with Crippen molar-refractivity contribution in [2.45, 2.75) is 26.4 Å². The van der Waals surface area contributed by atoms with Crippen LogP contribution in [0, 0.1) is 5.82 Å². The lowest BCUT2D eigenvalue weighted by atomic mass is 10.1. The predicted molar refractivity (Wildman–Crippen MR) is 120 cm³/mol. The minimum atomic E-state index is -0.382. The molecule has 2 rings (SSSR count). The molecule has 0 aromatic heterocycles. The maximum Gasteiger partial charge on any atom is 0.203 e. The number of nitrogens with one attached hydrogen (secondary N) is 2. The summed E-state index contributed by atoms with van der Waals surface area (Å²) in [6, 6.07) is 10.2. The summed E-state index contributed by atoms with van der Waals surface area (Å²) in [5.41, 5.74) is 0.986. The van der Waals surface area contributed by atoms with Crippen LogP contribution in [-0.4, -0.2) is 53.0 Å². The number of benzene rings is 2. The highest BCUT2D eigenvalue weighted by atomic mass is 19.1. The van der Waals surface area contributed by atoms with Crippen molar-refractivity contribution in [2.75, 3.05) is 41.0 Å². The number of halogens is 1. The number of rotatable bonds is 11. The molecule has 2 N–H and O–H groups in total. The molecule has 170 valence electrons. The van der Waals surface area contributed by atoms with Crippen molar-refractivity contribution in [1.82, 2.24) is 10.6 Å². The van der Waals surface area contributed by atoms with E-state index in [-0.39, 0.29) is 17.7 Å². The normalized spacial score (nSPS) is 12.1. The maximum atomic E-state index is 13.7. The predicted octanol–water partition coefficient (Wildman–Crippen LogP) is 3.42. The van der Waals surface area contributed by atoms with E-state index in [1.54, 1.807) is 39.5 Å². The number of methoxy groups -OCH3 is 3. The van der Waals surface area contributed by atoms with E-state index in [1.165, 1.54) is 6.07 Å². The van der Waals surface area contributed by atoms with Crippen molar-refractivity contribution < 1.29 is 23.3 Å². The molecule has 0 bridgehead atoms. The molecule has 0 aliphatic heterocycles. The van der Waals surface area contributed by atoms with Crippen molar-refractivity contribution in [1.29, 1.82) is 0 Å². The van der Waals surface area contributed by atoms with Gasteiger partial charge in [0.2, 0.25) is 5.75 Å². The summed E-state index contributed by atoms with van der Waals surface area (Å²) in [6.07, 6.45) is 0.410. The number of para-hydroxylation sites is 1. The van der Waals surface area contributed by atoms with E-state index < -0.39 is 0 Å². The van der Waals surface area contributed by atoms with E-state index in [0.29, 0.717) is 49.3 Å². The van der Waals surface area contributed by atoms with E-state index in [9.17, 15) is 4.39 Å². The van der Waals surface area contributed by atoms with E-state index in [0.717, 1.165) is 5.56 Å². The fourth-order valence-corrected chi connectivity index (χ4v) is 3.03. The molecule has 0 spiro atoms. The maximum absolute atomic E-state index is 13.7. The van der Waals surface area contributed by atoms with Gasteiger partial charge in [-0.2, -0.15) is 0 Å². The van der Waals surface area contributed by atoms with Gasteiger partial charge in [-0.25, -0.2) is 9.38 Å². The zero-order valence-corrected chi connectivity index (χ0v) is 18.8. The van der Waals surface area contributed by atoms with E-state index in [1.807, 2.05) is 26.0 Å². The molecule has 7 nitrogen and oxygen atoms in total. The Balaban J connectivity index is 1.97. The number of guanidine groups is 1. The molecular formula is C23H32FN3O4. The molecule has 0 amide bonds. The van der Waals surface area contributed by atoms with E-state index in [2.05, 4.69) is 15.6 Å². The Morgan fingerprint density at radius 3 is 2.35 bits per heavy atom. The van der Waals surface area contributed by atoms with Crippen LogP contribution in [0.4, 0.5) is 4.39 Å². The SMILES string of the molecule is CCNC(=NCC(C)Oc1ccccc1F)NCCc1ccc(OC)c(OC)c1OC. The van der Waals surface area contributed by atoms with Gasteiger partial charge in [-0.1, -0.05) is 18.2 Å². The van der Waals surface area contributed by atoms with Gasteiger partial charge in [0.25, 0.3) is 0 Å². The molecule has 0 fully saturated rings. The molecule has 1 atom stereocenters. The van der Waals surface area contributed by atoms with Crippen LogP contribution in [0.15, 0.2) is 41.4 Å². The average Bonchev–Trinajstić information content (AvgIpc) is 2.78. The standard InChI is InChI=1S/C23H32FN3O4/c1-6-25-23(27-15-16(2)31-19-10-8-7-9-18(19)24)26-14-13-17-11-12-20(28-3)22(30-5)21(17)29-4/h7-12,16H,6,13-15H2,1-5H3,(H2,25,26,27). The van der Waals surface area contributed by atoms with E-state index >= 15 is 0 Å². The molecule has 0 radical (unpaired) electrons. The topological polar surface area (TPSA) is 73.3 Å². The number of hydrogen-bond donors (Lipinski definition) is 2. The van der Waals surface area contributed by atoms with Crippen LogP contribution >= 0.6 is 0 Å². The first-order valence-electron chi connectivity index (χ1n) is 10.2. The van der Waals surface area contributed by atoms with Gasteiger partial charge in [0.1, 0.15) is 6.10 Å². The third-order valence-electron chi connectivity index (χ3n) is 4.49. The van der Waals surface area contributed by atoms with E-state index in [4.69, 9.17) is 18.9 Å². The smallest absolute Gasteiger partial charge is 0.203 e. The highest BCUT2D eigenvalue weighted by molar-refractivity contribution is 5.79. The first-order chi connectivity index (χ1) is 15.0. The summed E-state index contributed by atoms with van der Waals surface area (Å²) in [6.45, 7) is 5.57. The summed E-state index contributed by atoms with van der Waals surface area (Å²) in [7, 11) is 4.79. The molecule has 0 aliphatic rings. The molecular weight excluding hydrogens is 401 g/mol. The van der Waals surface area contributed by atoms with Crippen molar-refractivity contribution in [3.05, 3.63) is 47.8 Å². The van der Waals surface area contributed by atoms with Crippen LogP contribution in [0.25, 0.3) is 0 Å². The molecule has 1 unspecified atom stereocenters. The molecule has 2 aromatic rings. The van der Waals surface area contributed by atoms with Gasteiger partial charge in [0.15, 0.2) is 29.0 Å². The number of aliphatic imine (C=N–C) groups is 1. The highest BCUT2D eigenvalue weighted by Gasteiger charge is 2.15. The average molecular weight is 434 g/mol. The van der Waals surface area contributed by atoms with Gasteiger partial charge in [-0.15, -0.1) is 0 Å². The van der Waals surface area contributed by atoms with Crippen LogP contribution in [0.5, 0.6) is 23.0 Å². The fourth-order valence-electron chi connectivity index (χ4n) is 3.03. The van der Waals surface area contributed by atoms with Crippen LogP contribution in [-0.2, 0) is 6.42 Å². The summed E-state index contributed by atoms with van der Waals surface area (Å²) >= 11 is 0. The minimum absolute atomic E-state index is 0.226. The lowest BCUT2D eigenvalue weighted by Crippen LogP contribution is -2.39. The minimum Gasteiger partial charge on any atom is -0.493 e. The zero-order chi connectivity index (χ0) is 22.6. The largest absolute Gasteiger partial charge is 0.493 e. The van der Waals surface area contributed by atoms with Crippen molar-refractivity contribution in [3.63, 3.8) is 0 Å². The Morgan fingerprint density at radius 2 is 1.71 bits per heavy atom. The molecule has 0 saturated heterocycles. The third-order valence-corrected chi connectivity index (χ3v) is 4.49. The number of hydrogen-bond acceptors (Lipinski definition) is 5. The number of nitrogens with zero attached hydrogens (tertiary/aromatic N) is 1. The first kappa shape index (κ1) is 24.1. The lowest BCUT2D eigenvalue weighted by Gasteiger charge is -2.17. The second kappa shape index (κ2) is 12.5. The quantitative estimate of drug-likeness (QED) is 0.418. The van der Waals surface area contributed by atoms with Crippen molar-refractivity contribution in [2.24, 2.45) is 4.99 Å². The Morgan fingerprint density at radius 1 is 0.968 bits per heavy atom. The highest BCUT2D eigenvalue weighted by Crippen LogP contribution is 2.39. The third kappa shape index (κ3) is 6.94. The molecule has 2 aromatic carbocycles. The lowest BCUT2D eigenvalue weighted by molar-refractivity contribution is 0.220. The zero-order valence-electron chi connectivity index (χ0n) is 18.8. The van der Waals surface area contributed by atoms with Gasteiger partial charge in [-0.3, -0.25) is 0 Å². The van der Waals surface area contributed by atoms with Crippen LogP contribution in [0.1, 0.15) is 19.4 Å². The summed E-state index contributed by atoms with van der Waals surface area (Å²) in [5.74, 6) is 2.34. The monoisotopic (exact) mass is 433 g/mol. The Hall–Kier alpha value is -3.16. The Bertz CT molecular complexity index is 861. The van der Waals surface area contributed by atoms with Gasteiger partial charge in [-0.05, 0) is 38.5 Å². The Labute approximate surface area is 183 Å². The van der Waals surface area contributed by atoms with Gasteiger partial charge < -0.3 is 29.6 Å². The van der Waals surface area contributed by atoms with Gasteiger partial charge in [0, 0.05) is 18.7 Å². The summed E-state index contributed by atoms with van der Waals surface area (Å²) in [5, 5.41) is 6.50. The second-order valence-electron chi connectivity index (χ2n) is 6.75. The van der Waals surface area contributed by atoms with Crippen LogP contribution in [0.2, 0.25) is 0 Å². The van der Waals surface area contributed by atoms with Gasteiger partial charge >= 0.3 is 0 Å². The van der Waals surface area contributed by atoms with Crippen LogP contribution < -0.4 is 29.6 Å². The first-order valence-corrected chi connectivity index (χ1v) is 10.2. The summed E-state index contributed by atoms with van der Waals surface area (Å²) in [4.78, 5) is 4.55. The van der Waals surface area contributed by atoms with Gasteiger partial charge in [0.05, 0.1) is 27.9 Å². The summed E-state index contributed by atoms with van der Waals surface area (Å²) < 4.78 is 35.7. The molecule has 0 heterocycles. The molecule has 0 saturated carbocycles. The van der Waals surface area contributed by atoms with Crippen molar-refractivity contribution in [3.8, 4) is 23.0 Å². The Kier molecular flexibility index (Phi) is 9.74. The molecule has 8 heteroatoms. The molecule has 31 heavy (non-hydrogen) atoms. The second-order valence-corrected chi connectivity index (χ2v) is 6.75. The van der Waals surface area contributed by atoms with Crippen molar-refractivity contribution >= 4 is 5.96 Å².